The summed E-state index contributed by atoms with van der Waals surface area (Å²) in [5.41, 5.74) is -0.0432. The zero-order valence-corrected chi connectivity index (χ0v) is 11.0. The molecule has 0 aliphatic carbocycles. The highest BCUT2D eigenvalue weighted by Crippen LogP contribution is 2.20. The first-order valence-electron chi connectivity index (χ1n) is 6.15. The van der Waals surface area contributed by atoms with Crippen LogP contribution in [0.1, 0.15) is 26.7 Å². The molecular weight excluding hydrogens is 230 g/mol. The standard InChI is InChI=1S/C14H21NO3/c1-14(2,9-6-10-16)11-15-13(17)18-12-7-4-3-5-8-12/h3-5,7-8,16H,6,9-11H2,1-2H3,(H,15,17). The molecule has 0 fully saturated rings. The van der Waals surface area contributed by atoms with Gasteiger partial charge in [0, 0.05) is 13.2 Å². The second-order valence-electron chi connectivity index (χ2n) is 5.05. The molecular formula is C14H21NO3. The minimum atomic E-state index is -0.446. The number of hydrogen-bond donors (Lipinski definition) is 2. The van der Waals surface area contributed by atoms with Crippen LogP contribution in [0.5, 0.6) is 5.75 Å². The van der Waals surface area contributed by atoms with Gasteiger partial charge in [0.1, 0.15) is 5.75 Å². The Morgan fingerprint density at radius 1 is 1.33 bits per heavy atom. The monoisotopic (exact) mass is 251 g/mol. The molecule has 4 nitrogen and oxygen atoms in total. The summed E-state index contributed by atoms with van der Waals surface area (Å²) in [6.07, 6.45) is 1.15. The van der Waals surface area contributed by atoms with Gasteiger partial charge >= 0.3 is 6.09 Å². The lowest BCUT2D eigenvalue weighted by molar-refractivity contribution is 0.189. The minimum absolute atomic E-state index is 0.0432. The third-order valence-corrected chi connectivity index (χ3v) is 2.68. The van der Waals surface area contributed by atoms with E-state index in [0.717, 1.165) is 12.8 Å². The van der Waals surface area contributed by atoms with Crippen molar-refractivity contribution in [1.29, 1.82) is 0 Å². The number of rotatable bonds is 6. The Labute approximate surface area is 108 Å². The molecule has 1 amide bonds. The van der Waals surface area contributed by atoms with Gasteiger partial charge in [-0.2, -0.15) is 0 Å². The van der Waals surface area contributed by atoms with Gasteiger partial charge in [0.25, 0.3) is 0 Å². The van der Waals surface area contributed by atoms with Gasteiger partial charge in [0.05, 0.1) is 0 Å². The first kappa shape index (κ1) is 14.5. The number of benzene rings is 1. The average molecular weight is 251 g/mol. The van der Waals surface area contributed by atoms with E-state index in [-0.39, 0.29) is 12.0 Å². The number of carbonyl (C=O) groups excluding carboxylic acids is 1. The van der Waals surface area contributed by atoms with E-state index in [1.54, 1.807) is 12.1 Å². The smallest absolute Gasteiger partial charge is 0.410 e. The van der Waals surface area contributed by atoms with Crippen LogP contribution >= 0.6 is 0 Å². The summed E-state index contributed by atoms with van der Waals surface area (Å²) in [6.45, 7) is 4.80. The molecule has 1 aromatic carbocycles. The SMILES string of the molecule is CC(C)(CCCO)CNC(=O)Oc1ccccc1. The van der Waals surface area contributed by atoms with E-state index in [1.165, 1.54) is 0 Å². The number of ether oxygens (including phenoxy) is 1. The van der Waals surface area contributed by atoms with Crippen LogP contribution < -0.4 is 10.1 Å². The number of aliphatic hydroxyl groups is 1. The molecule has 0 aromatic heterocycles. The van der Waals surface area contributed by atoms with Crippen molar-refractivity contribution in [3.8, 4) is 5.75 Å². The fourth-order valence-electron chi connectivity index (χ4n) is 1.59. The lowest BCUT2D eigenvalue weighted by atomic mass is 9.88. The Balaban J connectivity index is 2.33. The maximum absolute atomic E-state index is 11.6. The van der Waals surface area contributed by atoms with Crippen molar-refractivity contribution in [2.45, 2.75) is 26.7 Å². The van der Waals surface area contributed by atoms with E-state index < -0.39 is 6.09 Å². The average Bonchev–Trinajstić information content (AvgIpc) is 2.36. The van der Waals surface area contributed by atoms with E-state index in [9.17, 15) is 4.79 Å². The van der Waals surface area contributed by atoms with E-state index >= 15 is 0 Å². The summed E-state index contributed by atoms with van der Waals surface area (Å²) in [5, 5.41) is 11.5. The molecule has 0 atom stereocenters. The normalized spacial score (nSPS) is 11.1. The van der Waals surface area contributed by atoms with Crippen molar-refractivity contribution in [2.75, 3.05) is 13.2 Å². The molecule has 0 unspecified atom stereocenters. The second kappa shape index (κ2) is 7.01. The van der Waals surface area contributed by atoms with Crippen LogP contribution in [-0.2, 0) is 0 Å². The molecule has 0 aliphatic heterocycles. The van der Waals surface area contributed by atoms with Gasteiger partial charge in [-0.25, -0.2) is 4.79 Å². The van der Waals surface area contributed by atoms with Gasteiger partial charge in [0.2, 0.25) is 0 Å². The quantitative estimate of drug-likeness (QED) is 0.817. The maximum atomic E-state index is 11.6. The number of aliphatic hydroxyl groups excluding tert-OH is 1. The van der Waals surface area contributed by atoms with Gasteiger partial charge in [0.15, 0.2) is 0 Å². The first-order valence-corrected chi connectivity index (χ1v) is 6.15. The predicted octanol–water partition coefficient (Wildman–Crippen LogP) is 2.57. The second-order valence-corrected chi connectivity index (χ2v) is 5.05. The molecule has 18 heavy (non-hydrogen) atoms. The van der Waals surface area contributed by atoms with E-state index in [1.807, 2.05) is 32.0 Å². The number of para-hydroxylation sites is 1. The molecule has 2 N–H and O–H groups in total. The van der Waals surface area contributed by atoms with E-state index in [2.05, 4.69) is 5.32 Å². The Bertz CT molecular complexity index is 363. The van der Waals surface area contributed by atoms with Crippen molar-refractivity contribution in [3.63, 3.8) is 0 Å². The molecule has 100 valence electrons. The lowest BCUT2D eigenvalue weighted by Crippen LogP contribution is -2.35. The molecule has 4 heteroatoms. The van der Waals surface area contributed by atoms with E-state index in [4.69, 9.17) is 9.84 Å². The van der Waals surface area contributed by atoms with Gasteiger partial charge in [-0.3, -0.25) is 0 Å². The fourth-order valence-corrected chi connectivity index (χ4v) is 1.59. The summed E-state index contributed by atoms with van der Waals surface area (Å²) in [4.78, 5) is 11.6. The molecule has 0 saturated heterocycles. The highest BCUT2D eigenvalue weighted by molar-refractivity contribution is 5.70. The topological polar surface area (TPSA) is 58.6 Å². The van der Waals surface area contributed by atoms with Crippen LogP contribution in [0.2, 0.25) is 0 Å². The van der Waals surface area contributed by atoms with Crippen molar-refractivity contribution in [1.82, 2.24) is 5.32 Å². The van der Waals surface area contributed by atoms with Crippen LogP contribution in [0.15, 0.2) is 30.3 Å². The third kappa shape index (κ3) is 5.68. The fraction of sp³-hybridized carbons (Fsp3) is 0.500. The largest absolute Gasteiger partial charge is 0.412 e. The zero-order valence-electron chi connectivity index (χ0n) is 11.0. The Hall–Kier alpha value is -1.55. The number of hydrogen-bond acceptors (Lipinski definition) is 3. The summed E-state index contributed by atoms with van der Waals surface area (Å²) < 4.78 is 5.11. The Morgan fingerprint density at radius 3 is 2.61 bits per heavy atom. The van der Waals surface area contributed by atoms with Crippen LogP contribution in [0, 0.1) is 5.41 Å². The number of amides is 1. The molecule has 0 spiro atoms. The predicted molar refractivity (Wildman–Crippen MR) is 70.6 cm³/mol. The molecule has 0 radical (unpaired) electrons. The molecule has 0 saturated carbocycles. The van der Waals surface area contributed by atoms with Crippen molar-refractivity contribution in [2.24, 2.45) is 5.41 Å². The first-order chi connectivity index (χ1) is 8.53. The minimum Gasteiger partial charge on any atom is -0.410 e. The Morgan fingerprint density at radius 2 is 2.00 bits per heavy atom. The molecule has 0 heterocycles. The number of carbonyl (C=O) groups is 1. The molecule has 1 rings (SSSR count). The van der Waals surface area contributed by atoms with Crippen LogP contribution in [0.4, 0.5) is 4.79 Å². The van der Waals surface area contributed by atoms with Gasteiger partial charge in [-0.15, -0.1) is 0 Å². The Kier molecular flexibility index (Phi) is 5.65. The summed E-state index contributed by atoms with van der Waals surface area (Å²) >= 11 is 0. The molecule has 1 aromatic rings. The van der Waals surface area contributed by atoms with Crippen molar-refractivity contribution < 1.29 is 14.6 Å². The van der Waals surface area contributed by atoms with E-state index in [0.29, 0.717) is 12.3 Å². The summed E-state index contributed by atoms with van der Waals surface area (Å²) in [6, 6.07) is 8.96. The van der Waals surface area contributed by atoms with Crippen molar-refractivity contribution >= 4 is 6.09 Å². The molecule has 0 bridgehead atoms. The zero-order chi connectivity index (χ0) is 13.4. The van der Waals surface area contributed by atoms with Crippen molar-refractivity contribution in [3.05, 3.63) is 30.3 Å². The third-order valence-electron chi connectivity index (χ3n) is 2.68. The van der Waals surface area contributed by atoms with Crippen LogP contribution in [0.3, 0.4) is 0 Å². The maximum Gasteiger partial charge on any atom is 0.412 e. The molecule has 0 aliphatic rings. The van der Waals surface area contributed by atoms with Gasteiger partial charge < -0.3 is 15.2 Å². The highest BCUT2D eigenvalue weighted by atomic mass is 16.6. The lowest BCUT2D eigenvalue weighted by Gasteiger charge is -2.24. The van der Waals surface area contributed by atoms with Gasteiger partial charge in [-0.05, 0) is 30.4 Å². The summed E-state index contributed by atoms with van der Waals surface area (Å²) in [7, 11) is 0. The number of nitrogens with one attached hydrogen (secondary N) is 1. The van der Waals surface area contributed by atoms with Crippen LogP contribution in [-0.4, -0.2) is 24.4 Å². The van der Waals surface area contributed by atoms with Crippen LogP contribution in [0.25, 0.3) is 0 Å². The highest BCUT2D eigenvalue weighted by Gasteiger charge is 2.18. The van der Waals surface area contributed by atoms with Gasteiger partial charge in [-0.1, -0.05) is 32.0 Å². The summed E-state index contributed by atoms with van der Waals surface area (Å²) in [5.74, 6) is 0.531.